The quantitative estimate of drug-likeness (QED) is 0.761. The molecule has 2 N–H and O–H groups in total. The summed E-state index contributed by atoms with van der Waals surface area (Å²) in [5.74, 6) is 2.63. The molecule has 1 aromatic carbocycles. The summed E-state index contributed by atoms with van der Waals surface area (Å²) >= 11 is 0. The highest BCUT2D eigenvalue weighted by Gasteiger charge is 2.34. The summed E-state index contributed by atoms with van der Waals surface area (Å²) in [5.41, 5.74) is 7.60. The molecule has 2 aromatic rings. The molecule has 160 valence electrons. The predicted molar refractivity (Wildman–Crippen MR) is 119 cm³/mol. The third-order valence-corrected chi connectivity index (χ3v) is 6.42. The zero-order valence-electron chi connectivity index (χ0n) is 17.8. The number of fused-ring (bicyclic) bond motifs is 2. The van der Waals surface area contributed by atoms with Crippen LogP contribution in [0.3, 0.4) is 0 Å². The van der Waals surface area contributed by atoms with Crippen LogP contribution in [0.15, 0.2) is 30.3 Å². The normalized spacial score (nSPS) is 28.1. The first kappa shape index (κ1) is 19.6. The lowest BCUT2D eigenvalue weighted by molar-refractivity contribution is 0.0302. The van der Waals surface area contributed by atoms with E-state index in [-0.39, 0.29) is 6.10 Å². The second-order valence-electron chi connectivity index (χ2n) is 8.92. The van der Waals surface area contributed by atoms with Gasteiger partial charge in [0, 0.05) is 44.0 Å². The lowest BCUT2D eigenvalue weighted by Gasteiger charge is -2.33. The van der Waals surface area contributed by atoms with Crippen LogP contribution < -0.4 is 15.5 Å². The first-order valence-electron chi connectivity index (χ1n) is 11.1. The zero-order valence-corrected chi connectivity index (χ0v) is 17.8. The molecule has 0 aliphatic carbocycles. The molecular formula is C23H31N5O2. The summed E-state index contributed by atoms with van der Waals surface area (Å²) in [4.78, 5) is 14.4. The van der Waals surface area contributed by atoms with Crippen molar-refractivity contribution in [3.8, 4) is 11.4 Å². The number of hydrogen-bond acceptors (Lipinski definition) is 7. The van der Waals surface area contributed by atoms with Crippen LogP contribution in [0, 0.1) is 0 Å². The van der Waals surface area contributed by atoms with Crippen LogP contribution in [0.1, 0.15) is 32.6 Å². The van der Waals surface area contributed by atoms with Crippen LogP contribution in [0.2, 0.25) is 0 Å². The summed E-state index contributed by atoms with van der Waals surface area (Å²) in [5, 5.41) is 0. The van der Waals surface area contributed by atoms with E-state index < -0.39 is 0 Å². The summed E-state index contributed by atoms with van der Waals surface area (Å²) in [6, 6.07) is 9.89. The number of nitrogens with zero attached hydrogens (tertiary/aromatic N) is 4. The van der Waals surface area contributed by atoms with E-state index in [0.717, 1.165) is 74.0 Å². The smallest absolute Gasteiger partial charge is 0.163 e. The zero-order chi connectivity index (χ0) is 20.7. The molecular weight excluding hydrogens is 378 g/mol. The van der Waals surface area contributed by atoms with Crippen LogP contribution in [0.4, 0.5) is 17.3 Å². The van der Waals surface area contributed by atoms with Crippen molar-refractivity contribution in [2.75, 3.05) is 42.2 Å². The number of benzene rings is 1. The van der Waals surface area contributed by atoms with E-state index in [1.807, 2.05) is 24.3 Å². The van der Waals surface area contributed by atoms with E-state index in [1.165, 1.54) is 0 Å². The highest BCUT2D eigenvalue weighted by molar-refractivity contribution is 5.64. The fraction of sp³-hybridized carbons (Fsp3) is 0.565. The molecule has 1 aromatic heterocycles. The molecule has 4 unspecified atom stereocenters. The summed E-state index contributed by atoms with van der Waals surface area (Å²) in [6.07, 6.45) is 5.73. The molecule has 7 nitrogen and oxygen atoms in total. The monoisotopic (exact) mass is 409 g/mol. The Morgan fingerprint density at radius 1 is 1.03 bits per heavy atom. The van der Waals surface area contributed by atoms with Crippen LogP contribution in [0.5, 0.6) is 0 Å². The maximum Gasteiger partial charge on any atom is 0.163 e. The van der Waals surface area contributed by atoms with E-state index in [9.17, 15) is 0 Å². The number of aromatic nitrogens is 2. The molecule has 3 aliphatic heterocycles. The van der Waals surface area contributed by atoms with E-state index >= 15 is 0 Å². The first-order chi connectivity index (χ1) is 14.5. The number of nitrogens with two attached hydrogens (primary N) is 1. The SMILES string of the molecule is CC1CCC(CN(C)c2cc(N3CC4CCC(C3)O4)nc(-c3ccc(N)cc3)n2)O1. The molecule has 0 amide bonds. The fourth-order valence-electron chi connectivity index (χ4n) is 4.76. The Bertz CT molecular complexity index is 878. The lowest BCUT2D eigenvalue weighted by atomic mass is 10.2. The van der Waals surface area contributed by atoms with Gasteiger partial charge in [0.1, 0.15) is 11.6 Å². The summed E-state index contributed by atoms with van der Waals surface area (Å²) < 4.78 is 12.1. The summed E-state index contributed by atoms with van der Waals surface area (Å²) in [7, 11) is 2.09. The molecule has 3 saturated heterocycles. The van der Waals surface area contributed by atoms with Gasteiger partial charge in [-0.05, 0) is 56.9 Å². The Morgan fingerprint density at radius 2 is 1.77 bits per heavy atom. The van der Waals surface area contributed by atoms with Crippen LogP contribution in [-0.2, 0) is 9.47 Å². The van der Waals surface area contributed by atoms with Gasteiger partial charge in [0.15, 0.2) is 5.82 Å². The maximum absolute atomic E-state index is 6.04. The van der Waals surface area contributed by atoms with Crippen molar-refractivity contribution < 1.29 is 9.47 Å². The average molecular weight is 410 g/mol. The van der Waals surface area contributed by atoms with Crippen molar-refractivity contribution in [3.05, 3.63) is 30.3 Å². The molecule has 0 saturated carbocycles. The molecule has 2 bridgehead atoms. The molecule has 0 spiro atoms. The molecule has 3 aliphatic rings. The van der Waals surface area contributed by atoms with Gasteiger partial charge in [-0.25, -0.2) is 9.97 Å². The number of ether oxygens (including phenoxy) is 2. The van der Waals surface area contributed by atoms with Gasteiger partial charge in [-0.1, -0.05) is 0 Å². The van der Waals surface area contributed by atoms with Crippen molar-refractivity contribution >= 4 is 17.3 Å². The van der Waals surface area contributed by atoms with E-state index in [0.29, 0.717) is 18.3 Å². The lowest BCUT2D eigenvalue weighted by Crippen LogP contribution is -2.43. The van der Waals surface area contributed by atoms with E-state index in [2.05, 4.69) is 29.8 Å². The third kappa shape index (κ3) is 4.09. The minimum atomic E-state index is 0.252. The number of anilines is 3. The Morgan fingerprint density at radius 3 is 2.43 bits per heavy atom. The molecule has 4 atom stereocenters. The maximum atomic E-state index is 6.04. The van der Waals surface area contributed by atoms with Crippen molar-refractivity contribution in [2.45, 2.75) is 57.0 Å². The van der Waals surface area contributed by atoms with Gasteiger partial charge < -0.3 is 25.0 Å². The first-order valence-corrected chi connectivity index (χ1v) is 11.1. The summed E-state index contributed by atoms with van der Waals surface area (Å²) in [6.45, 7) is 4.76. The van der Waals surface area contributed by atoms with Crippen molar-refractivity contribution in [3.63, 3.8) is 0 Å². The van der Waals surface area contributed by atoms with E-state index in [1.54, 1.807) is 0 Å². The number of likely N-dealkylation sites (N-methyl/N-ethyl adjacent to an activating group) is 1. The minimum Gasteiger partial charge on any atom is -0.399 e. The molecule has 5 rings (SSSR count). The second-order valence-corrected chi connectivity index (χ2v) is 8.92. The van der Waals surface area contributed by atoms with Crippen LogP contribution >= 0.6 is 0 Å². The topological polar surface area (TPSA) is 76.7 Å². The molecule has 30 heavy (non-hydrogen) atoms. The Labute approximate surface area is 178 Å². The van der Waals surface area contributed by atoms with Crippen molar-refractivity contribution in [1.29, 1.82) is 0 Å². The number of hydrogen-bond donors (Lipinski definition) is 1. The van der Waals surface area contributed by atoms with Crippen LogP contribution in [-0.4, -0.2) is 61.1 Å². The molecule has 3 fully saturated rings. The van der Waals surface area contributed by atoms with Gasteiger partial charge in [0.25, 0.3) is 0 Å². The second kappa shape index (κ2) is 8.04. The fourth-order valence-corrected chi connectivity index (χ4v) is 4.76. The number of morpholine rings is 1. The Kier molecular flexibility index (Phi) is 5.25. The Hall–Kier alpha value is -2.38. The average Bonchev–Trinajstić information content (AvgIpc) is 3.31. The molecule has 4 heterocycles. The molecule has 0 radical (unpaired) electrons. The van der Waals surface area contributed by atoms with Gasteiger partial charge >= 0.3 is 0 Å². The third-order valence-electron chi connectivity index (χ3n) is 6.42. The van der Waals surface area contributed by atoms with Crippen molar-refractivity contribution in [2.24, 2.45) is 0 Å². The highest BCUT2D eigenvalue weighted by Crippen LogP contribution is 2.32. The van der Waals surface area contributed by atoms with Crippen LogP contribution in [0.25, 0.3) is 11.4 Å². The van der Waals surface area contributed by atoms with E-state index in [4.69, 9.17) is 25.2 Å². The Balaban J connectivity index is 1.45. The highest BCUT2D eigenvalue weighted by atomic mass is 16.5. The van der Waals surface area contributed by atoms with Gasteiger partial charge in [-0.2, -0.15) is 0 Å². The molecule has 7 heteroatoms. The van der Waals surface area contributed by atoms with Gasteiger partial charge in [-0.15, -0.1) is 0 Å². The van der Waals surface area contributed by atoms with Gasteiger partial charge in [0.2, 0.25) is 0 Å². The standard InChI is InChI=1S/C23H31N5O2/c1-15-3-8-18(29-15)12-27(2)21-11-22(28-13-19-9-10-20(14-28)30-19)26-23(25-21)16-4-6-17(24)7-5-16/h4-7,11,15,18-20H,3,8-10,12-14,24H2,1-2H3. The van der Waals surface area contributed by atoms with Crippen molar-refractivity contribution in [1.82, 2.24) is 9.97 Å². The predicted octanol–water partition coefficient (Wildman–Crippen LogP) is 3.10. The van der Waals surface area contributed by atoms with Gasteiger partial charge in [-0.3, -0.25) is 0 Å². The van der Waals surface area contributed by atoms with Gasteiger partial charge in [0.05, 0.1) is 24.4 Å². The number of rotatable bonds is 5. The largest absolute Gasteiger partial charge is 0.399 e. The minimum absolute atomic E-state index is 0.252. The number of nitrogen functional groups attached to an aromatic ring is 1.